The van der Waals surface area contributed by atoms with Gasteiger partial charge in [-0.1, -0.05) is 5.16 Å². The number of carboxylic acids is 1. The van der Waals surface area contributed by atoms with Gasteiger partial charge >= 0.3 is 5.97 Å². The number of aryl methyl sites for hydroxylation is 1. The number of carboxylic acid groups (broad SMARTS) is 1. The Bertz CT molecular complexity index is 669. The lowest BCUT2D eigenvalue weighted by molar-refractivity contribution is -0.142. The Morgan fingerprint density at radius 1 is 1.41 bits per heavy atom. The molecule has 2 aromatic heterocycles. The Balaban J connectivity index is 1.77. The molecule has 1 aliphatic rings. The molecule has 0 amide bonds. The molecule has 8 nitrogen and oxygen atoms in total. The van der Waals surface area contributed by atoms with E-state index in [0.29, 0.717) is 24.8 Å². The summed E-state index contributed by atoms with van der Waals surface area (Å²) in [6.45, 7) is 3.60. The van der Waals surface area contributed by atoms with Crippen LogP contribution in [0.4, 0.5) is 5.82 Å². The number of likely N-dealkylation sites (N-methyl/N-ethyl adjacent to an activating group) is 1. The molecule has 1 N–H and O–H groups in total. The highest BCUT2D eigenvalue weighted by molar-refractivity contribution is 5.74. The first kappa shape index (κ1) is 14.5. The van der Waals surface area contributed by atoms with Crippen molar-refractivity contribution in [2.24, 2.45) is 0 Å². The molecule has 2 aromatic rings. The summed E-state index contributed by atoms with van der Waals surface area (Å²) in [5.74, 6) is 0.935. The van der Waals surface area contributed by atoms with Gasteiger partial charge in [-0.2, -0.15) is 4.98 Å². The zero-order chi connectivity index (χ0) is 15.7. The second kappa shape index (κ2) is 5.72. The van der Waals surface area contributed by atoms with E-state index in [4.69, 9.17) is 4.52 Å². The third kappa shape index (κ3) is 2.77. The maximum absolute atomic E-state index is 11.3. The van der Waals surface area contributed by atoms with Gasteiger partial charge < -0.3 is 14.5 Å². The van der Waals surface area contributed by atoms with Gasteiger partial charge in [-0.3, -0.25) is 9.69 Å². The van der Waals surface area contributed by atoms with E-state index in [1.54, 1.807) is 13.1 Å². The van der Waals surface area contributed by atoms with Gasteiger partial charge in [-0.25, -0.2) is 4.98 Å². The van der Waals surface area contributed by atoms with Crippen LogP contribution in [-0.2, 0) is 4.79 Å². The minimum atomic E-state index is -0.815. The third-order valence-electron chi connectivity index (χ3n) is 3.78. The van der Waals surface area contributed by atoms with Crippen LogP contribution in [0.2, 0.25) is 0 Å². The fraction of sp³-hybridized carbons (Fsp3) is 0.429. The summed E-state index contributed by atoms with van der Waals surface area (Å²) >= 11 is 0. The summed E-state index contributed by atoms with van der Waals surface area (Å²) in [7, 11) is 1.82. The van der Waals surface area contributed by atoms with Crippen molar-refractivity contribution in [3.8, 4) is 11.5 Å². The molecule has 1 atom stereocenters. The normalized spacial score (nSPS) is 19.4. The van der Waals surface area contributed by atoms with Gasteiger partial charge in [0.15, 0.2) is 5.82 Å². The fourth-order valence-corrected chi connectivity index (χ4v) is 2.46. The Labute approximate surface area is 127 Å². The average Bonchev–Trinajstić information content (AvgIpc) is 2.94. The van der Waals surface area contributed by atoms with Crippen LogP contribution in [0.5, 0.6) is 0 Å². The summed E-state index contributed by atoms with van der Waals surface area (Å²) in [6.07, 6.45) is 1.66. The summed E-state index contributed by atoms with van der Waals surface area (Å²) in [4.78, 5) is 23.6. The number of pyridine rings is 1. The number of nitrogens with zero attached hydrogens (tertiary/aromatic N) is 5. The van der Waals surface area contributed by atoms with E-state index >= 15 is 0 Å². The van der Waals surface area contributed by atoms with Gasteiger partial charge in [0.25, 0.3) is 5.89 Å². The highest BCUT2D eigenvalue weighted by Gasteiger charge is 2.30. The predicted molar refractivity (Wildman–Crippen MR) is 78.5 cm³/mol. The first-order valence-corrected chi connectivity index (χ1v) is 6.99. The molecule has 116 valence electrons. The number of hydrogen-bond acceptors (Lipinski definition) is 7. The highest BCUT2D eigenvalue weighted by atomic mass is 16.5. The van der Waals surface area contributed by atoms with E-state index in [2.05, 4.69) is 15.1 Å². The first-order valence-electron chi connectivity index (χ1n) is 6.99. The Morgan fingerprint density at radius 3 is 2.82 bits per heavy atom. The number of anilines is 1. The van der Waals surface area contributed by atoms with E-state index in [0.717, 1.165) is 17.9 Å². The molecule has 0 aromatic carbocycles. The largest absolute Gasteiger partial charge is 0.480 e. The molecule has 3 heterocycles. The van der Waals surface area contributed by atoms with Crippen LogP contribution in [-0.4, -0.2) is 63.8 Å². The van der Waals surface area contributed by atoms with Crippen molar-refractivity contribution in [2.75, 3.05) is 31.6 Å². The van der Waals surface area contributed by atoms with Crippen LogP contribution in [0.25, 0.3) is 11.5 Å². The predicted octanol–water partition coefficient (Wildman–Crippen LogP) is 0.645. The lowest BCUT2D eigenvalue weighted by Gasteiger charge is -2.37. The third-order valence-corrected chi connectivity index (χ3v) is 3.78. The molecule has 0 bridgehead atoms. The zero-order valence-electron chi connectivity index (χ0n) is 12.4. The van der Waals surface area contributed by atoms with Gasteiger partial charge in [0.2, 0.25) is 0 Å². The van der Waals surface area contributed by atoms with Crippen LogP contribution in [0.1, 0.15) is 5.82 Å². The fourth-order valence-electron chi connectivity index (χ4n) is 2.46. The topological polar surface area (TPSA) is 95.6 Å². The maximum atomic E-state index is 11.3. The molecule has 22 heavy (non-hydrogen) atoms. The van der Waals surface area contributed by atoms with Gasteiger partial charge in [0, 0.05) is 25.8 Å². The zero-order valence-corrected chi connectivity index (χ0v) is 12.4. The molecular weight excluding hydrogens is 286 g/mol. The second-order valence-corrected chi connectivity index (χ2v) is 5.33. The lowest BCUT2D eigenvalue weighted by atomic mass is 10.1. The molecule has 3 rings (SSSR count). The van der Waals surface area contributed by atoms with Crippen LogP contribution < -0.4 is 4.90 Å². The van der Waals surface area contributed by atoms with E-state index in [1.165, 1.54) is 0 Å². The molecular formula is C14H17N5O3. The molecule has 0 aliphatic carbocycles. The number of aliphatic carboxylic acids is 1. The van der Waals surface area contributed by atoms with Crippen molar-refractivity contribution in [1.29, 1.82) is 0 Å². The minimum Gasteiger partial charge on any atom is -0.480 e. The molecule has 8 heteroatoms. The number of aromatic nitrogens is 3. The van der Waals surface area contributed by atoms with Gasteiger partial charge in [0.05, 0.1) is 5.56 Å². The minimum absolute atomic E-state index is 0.415. The van der Waals surface area contributed by atoms with Crippen molar-refractivity contribution in [2.45, 2.75) is 13.0 Å². The number of hydrogen-bond donors (Lipinski definition) is 1. The van der Waals surface area contributed by atoms with Crippen LogP contribution in [0.15, 0.2) is 22.9 Å². The second-order valence-electron chi connectivity index (χ2n) is 5.33. The molecule has 0 saturated carbocycles. The van der Waals surface area contributed by atoms with E-state index in [1.807, 2.05) is 29.0 Å². The summed E-state index contributed by atoms with van der Waals surface area (Å²) < 4.78 is 5.10. The van der Waals surface area contributed by atoms with E-state index in [-0.39, 0.29) is 0 Å². The van der Waals surface area contributed by atoms with Gasteiger partial charge in [-0.05, 0) is 26.1 Å². The van der Waals surface area contributed by atoms with Crippen molar-refractivity contribution in [3.63, 3.8) is 0 Å². The number of piperazine rings is 1. The maximum Gasteiger partial charge on any atom is 0.322 e. The summed E-state index contributed by atoms with van der Waals surface area (Å²) in [5.41, 5.74) is 0.744. The Kier molecular flexibility index (Phi) is 3.76. The van der Waals surface area contributed by atoms with Crippen molar-refractivity contribution >= 4 is 11.8 Å². The summed E-state index contributed by atoms with van der Waals surface area (Å²) in [6, 6.07) is 3.18. The number of rotatable bonds is 3. The van der Waals surface area contributed by atoms with Crippen molar-refractivity contribution < 1.29 is 14.4 Å². The molecule has 1 fully saturated rings. The quantitative estimate of drug-likeness (QED) is 0.883. The van der Waals surface area contributed by atoms with Crippen molar-refractivity contribution in [3.05, 3.63) is 24.2 Å². The Hall–Kier alpha value is -2.48. The average molecular weight is 303 g/mol. The Morgan fingerprint density at radius 2 is 2.23 bits per heavy atom. The molecule has 0 spiro atoms. The standard InChI is InChI=1S/C14H17N5O3/c1-9-16-13(22-17-9)10-3-4-12(15-7-10)19-6-5-18(2)11(8-19)14(20)21/h3-4,7,11H,5-6,8H2,1-2H3,(H,20,21)/t11-/m1/s1. The SMILES string of the molecule is Cc1noc(-c2ccc(N3CCN(C)[C@@H](C(=O)O)C3)nc2)n1. The smallest absolute Gasteiger partial charge is 0.322 e. The van der Waals surface area contributed by atoms with Crippen molar-refractivity contribution in [1.82, 2.24) is 20.0 Å². The van der Waals surface area contributed by atoms with Crippen LogP contribution >= 0.6 is 0 Å². The molecule has 1 aliphatic heterocycles. The lowest BCUT2D eigenvalue weighted by Crippen LogP contribution is -2.55. The number of carbonyl (C=O) groups is 1. The molecule has 1 saturated heterocycles. The first-order chi connectivity index (χ1) is 10.5. The van der Waals surface area contributed by atoms with Gasteiger partial charge in [0.1, 0.15) is 11.9 Å². The van der Waals surface area contributed by atoms with E-state index in [9.17, 15) is 9.90 Å². The van der Waals surface area contributed by atoms with Crippen LogP contribution in [0, 0.1) is 6.92 Å². The van der Waals surface area contributed by atoms with E-state index < -0.39 is 12.0 Å². The monoisotopic (exact) mass is 303 g/mol. The summed E-state index contributed by atoms with van der Waals surface area (Å²) in [5, 5.41) is 13.0. The molecule has 0 unspecified atom stereocenters. The highest BCUT2D eigenvalue weighted by Crippen LogP contribution is 2.21. The van der Waals surface area contributed by atoms with Crippen LogP contribution in [0.3, 0.4) is 0 Å². The molecule has 0 radical (unpaired) electrons. The van der Waals surface area contributed by atoms with Gasteiger partial charge in [-0.15, -0.1) is 0 Å².